The van der Waals surface area contributed by atoms with Crippen molar-refractivity contribution in [2.45, 2.75) is 6.92 Å². The molecule has 0 atom stereocenters. The predicted molar refractivity (Wildman–Crippen MR) is 83.6 cm³/mol. The minimum absolute atomic E-state index is 0.223. The van der Waals surface area contributed by atoms with E-state index in [2.05, 4.69) is 5.32 Å². The van der Waals surface area contributed by atoms with E-state index in [0.717, 1.165) is 0 Å². The van der Waals surface area contributed by atoms with Crippen LogP contribution < -0.4 is 14.8 Å². The fraction of sp³-hybridized carbons (Fsp3) is 0.188. The van der Waals surface area contributed by atoms with Gasteiger partial charge in [0.2, 0.25) is 0 Å². The molecule has 5 heteroatoms. The molecule has 2 rings (SSSR count). The van der Waals surface area contributed by atoms with Crippen molar-refractivity contribution in [3.8, 4) is 11.5 Å². The third-order valence-corrected chi connectivity index (χ3v) is 3.08. The summed E-state index contributed by atoms with van der Waals surface area (Å²) in [5.41, 5.74) is 1.17. The van der Waals surface area contributed by atoms with E-state index in [1.165, 1.54) is 0 Å². The summed E-state index contributed by atoms with van der Waals surface area (Å²) in [6.07, 6.45) is 0. The van der Waals surface area contributed by atoms with E-state index < -0.39 is 0 Å². The Kier molecular flexibility index (Phi) is 5.06. The van der Waals surface area contributed by atoms with Crippen LogP contribution in [0, 0.1) is 0 Å². The standard InChI is InChI=1S/C16H16ClNO3/c1-3-21-14-9-4-11(10-15(14)20-2)16(19)18-13-7-5-12(17)6-8-13/h4-10H,3H2,1-2H3,(H,18,19). The number of hydrogen-bond donors (Lipinski definition) is 1. The number of halogens is 1. The van der Waals surface area contributed by atoms with Gasteiger partial charge in [0, 0.05) is 16.3 Å². The van der Waals surface area contributed by atoms with Gasteiger partial charge in [-0.2, -0.15) is 0 Å². The van der Waals surface area contributed by atoms with E-state index in [9.17, 15) is 4.79 Å². The number of ether oxygens (including phenoxy) is 2. The number of nitrogens with one attached hydrogen (secondary N) is 1. The summed E-state index contributed by atoms with van der Waals surface area (Å²) >= 11 is 5.81. The fourth-order valence-corrected chi connectivity index (χ4v) is 1.95. The Morgan fingerprint density at radius 1 is 1.14 bits per heavy atom. The second-order valence-corrected chi connectivity index (χ2v) is 4.70. The van der Waals surface area contributed by atoms with Crippen LogP contribution in [0.4, 0.5) is 5.69 Å². The Hall–Kier alpha value is -2.20. The second-order valence-electron chi connectivity index (χ2n) is 4.26. The maximum Gasteiger partial charge on any atom is 0.255 e. The van der Waals surface area contributed by atoms with E-state index in [-0.39, 0.29) is 5.91 Å². The SMILES string of the molecule is CCOc1ccc(C(=O)Nc2ccc(Cl)cc2)cc1OC. The lowest BCUT2D eigenvalue weighted by molar-refractivity contribution is 0.102. The van der Waals surface area contributed by atoms with Gasteiger partial charge in [0.05, 0.1) is 13.7 Å². The van der Waals surface area contributed by atoms with Crippen molar-refractivity contribution in [3.05, 3.63) is 53.1 Å². The molecule has 1 N–H and O–H groups in total. The van der Waals surface area contributed by atoms with E-state index in [1.807, 2.05) is 6.92 Å². The molecule has 0 heterocycles. The highest BCUT2D eigenvalue weighted by Crippen LogP contribution is 2.28. The van der Waals surface area contributed by atoms with Gasteiger partial charge in [-0.25, -0.2) is 0 Å². The van der Waals surface area contributed by atoms with Crippen LogP contribution in [-0.2, 0) is 0 Å². The van der Waals surface area contributed by atoms with Gasteiger partial charge in [0.1, 0.15) is 0 Å². The third-order valence-electron chi connectivity index (χ3n) is 2.83. The van der Waals surface area contributed by atoms with Crippen LogP contribution >= 0.6 is 11.6 Å². The first-order valence-corrected chi connectivity index (χ1v) is 6.89. The summed E-state index contributed by atoms with van der Waals surface area (Å²) in [6, 6.07) is 12.0. The molecule has 110 valence electrons. The van der Waals surface area contributed by atoms with Crippen molar-refractivity contribution in [1.29, 1.82) is 0 Å². The molecular formula is C16H16ClNO3. The molecule has 0 aliphatic heterocycles. The molecule has 1 amide bonds. The Morgan fingerprint density at radius 3 is 2.48 bits per heavy atom. The molecule has 0 aliphatic rings. The van der Waals surface area contributed by atoms with Gasteiger partial charge in [0.25, 0.3) is 5.91 Å². The Morgan fingerprint density at radius 2 is 1.86 bits per heavy atom. The Bertz CT molecular complexity index is 626. The largest absolute Gasteiger partial charge is 0.493 e. The molecule has 0 saturated carbocycles. The lowest BCUT2D eigenvalue weighted by atomic mass is 10.2. The number of rotatable bonds is 5. The number of amides is 1. The zero-order chi connectivity index (χ0) is 15.2. The highest BCUT2D eigenvalue weighted by Gasteiger charge is 2.11. The molecule has 0 bridgehead atoms. The van der Waals surface area contributed by atoms with Crippen LogP contribution in [0.2, 0.25) is 5.02 Å². The molecular weight excluding hydrogens is 290 g/mol. The summed E-state index contributed by atoms with van der Waals surface area (Å²) in [5.74, 6) is 0.919. The molecule has 0 fully saturated rings. The number of benzene rings is 2. The zero-order valence-electron chi connectivity index (χ0n) is 11.9. The molecule has 21 heavy (non-hydrogen) atoms. The van der Waals surface area contributed by atoms with Crippen LogP contribution in [0.5, 0.6) is 11.5 Å². The van der Waals surface area contributed by atoms with Gasteiger partial charge in [-0.15, -0.1) is 0 Å². The summed E-state index contributed by atoms with van der Waals surface area (Å²) in [4.78, 5) is 12.2. The molecule has 0 unspecified atom stereocenters. The van der Waals surface area contributed by atoms with Gasteiger partial charge in [-0.1, -0.05) is 11.6 Å². The van der Waals surface area contributed by atoms with Crippen molar-refractivity contribution < 1.29 is 14.3 Å². The molecule has 0 aromatic heterocycles. The quantitative estimate of drug-likeness (QED) is 0.908. The fourth-order valence-electron chi connectivity index (χ4n) is 1.82. The topological polar surface area (TPSA) is 47.6 Å². The van der Waals surface area contributed by atoms with Gasteiger partial charge < -0.3 is 14.8 Å². The average Bonchev–Trinajstić information content (AvgIpc) is 2.50. The van der Waals surface area contributed by atoms with Crippen LogP contribution in [0.1, 0.15) is 17.3 Å². The monoisotopic (exact) mass is 305 g/mol. The average molecular weight is 306 g/mol. The van der Waals surface area contributed by atoms with Crippen molar-refractivity contribution in [1.82, 2.24) is 0 Å². The highest BCUT2D eigenvalue weighted by molar-refractivity contribution is 6.30. The smallest absolute Gasteiger partial charge is 0.255 e. The van der Waals surface area contributed by atoms with E-state index in [4.69, 9.17) is 21.1 Å². The van der Waals surface area contributed by atoms with Crippen molar-refractivity contribution in [2.75, 3.05) is 19.0 Å². The summed E-state index contributed by atoms with van der Waals surface area (Å²) in [5, 5.41) is 3.42. The first kappa shape index (κ1) is 15.2. The lowest BCUT2D eigenvalue weighted by Gasteiger charge is -2.11. The minimum atomic E-state index is -0.223. The third kappa shape index (κ3) is 3.89. The summed E-state index contributed by atoms with van der Waals surface area (Å²) in [6.45, 7) is 2.42. The summed E-state index contributed by atoms with van der Waals surface area (Å²) < 4.78 is 10.7. The van der Waals surface area contributed by atoms with Crippen LogP contribution in [0.3, 0.4) is 0 Å². The molecule has 2 aromatic carbocycles. The van der Waals surface area contributed by atoms with Gasteiger partial charge in [-0.05, 0) is 49.4 Å². The number of anilines is 1. The summed E-state index contributed by atoms with van der Waals surface area (Å²) in [7, 11) is 1.54. The highest BCUT2D eigenvalue weighted by atomic mass is 35.5. The maximum atomic E-state index is 12.2. The molecule has 0 aliphatic carbocycles. The van der Waals surface area contributed by atoms with Crippen molar-refractivity contribution in [3.63, 3.8) is 0 Å². The van der Waals surface area contributed by atoms with E-state index >= 15 is 0 Å². The number of hydrogen-bond acceptors (Lipinski definition) is 3. The van der Waals surface area contributed by atoms with Gasteiger partial charge >= 0.3 is 0 Å². The maximum absolute atomic E-state index is 12.2. The zero-order valence-corrected chi connectivity index (χ0v) is 12.6. The van der Waals surface area contributed by atoms with Crippen LogP contribution in [0.15, 0.2) is 42.5 Å². The molecule has 0 radical (unpaired) electrons. The van der Waals surface area contributed by atoms with Crippen LogP contribution in [0.25, 0.3) is 0 Å². The van der Waals surface area contributed by atoms with E-state index in [1.54, 1.807) is 49.6 Å². The second kappa shape index (κ2) is 6.99. The van der Waals surface area contributed by atoms with Gasteiger partial charge in [0.15, 0.2) is 11.5 Å². The number of carbonyl (C=O) groups excluding carboxylic acids is 1. The van der Waals surface area contributed by atoms with Crippen molar-refractivity contribution >= 4 is 23.2 Å². The minimum Gasteiger partial charge on any atom is -0.493 e. The molecule has 0 spiro atoms. The number of methoxy groups -OCH3 is 1. The normalized spacial score (nSPS) is 10.0. The molecule has 0 saturated heterocycles. The van der Waals surface area contributed by atoms with Gasteiger partial charge in [-0.3, -0.25) is 4.79 Å². The Balaban J connectivity index is 2.17. The predicted octanol–water partition coefficient (Wildman–Crippen LogP) is 4.00. The first-order valence-electron chi connectivity index (χ1n) is 6.51. The first-order chi connectivity index (χ1) is 10.1. The number of carbonyl (C=O) groups is 1. The van der Waals surface area contributed by atoms with Crippen LogP contribution in [-0.4, -0.2) is 19.6 Å². The molecule has 4 nitrogen and oxygen atoms in total. The molecule has 2 aromatic rings. The van der Waals surface area contributed by atoms with Crippen molar-refractivity contribution in [2.24, 2.45) is 0 Å². The lowest BCUT2D eigenvalue weighted by Crippen LogP contribution is -2.12. The van der Waals surface area contributed by atoms with E-state index in [0.29, 0.717) is 34.4 Å². The Labute approximate surface area is 128 Å².